The fraction of sp³-hybridized carbons (Fsp3) is 0.588. The maximum Gasteiger partial charge on any atom is 0.328 e. The number of esters is 1. The highest BCUT2D eigenvalue weighted by Gasteiger charge is 2.41. The Labute approximate surface area is 121 Å². The first-order chi connectivity index (χ1) is 9.29. The zero-order chi connectivity index (χ0) is 15.1. The van der Waals surface area contributed by atoms with Crippen molar-refractivity contribution in [2.24, 2.45) is 0 Å². The Balaban J connectivity index is 2.59. The molecule has 2 rings (SSSR count). The maximum atomic E-state index is 12.0. The number of nitrogens with zero attached hydrogens (tertiary/aromatic N) is 1. The van der Waals surface area contributed by atoms with Crippen LogP contribution in [0.5, 0.6) is 0 Å². The van der Waals surface area contributed by atoms with Gasteiger partial charge in [-0.05, 0) is 51.2 Å². The monoisotopic (exact) mass is 275 g/mol. The molecule has 0 N–H and O–H groups in total. The number of methoxy groups -OCH3 is 1. The molecule has 0 saturated carbocycles. The number of aryl methyl sites for hydroxylation is 1. The second-order valence-corrected chi connectivity index (χ2v) is 6.50. The number of carbonyl (C=O) groups excluding carboxylic acids is 1. The molecule has 0 radical (unpaired) electrons. The third-order valence-electron chi connectivity index (χ3n) is 4.43. The van der Waals surface area contributed by atoms with Crippen molar-refractivity contribution in [3.05, 3.63) is 29.3 Å². The number of anilines is 1. The molecule has 3 nitrogen and oxygen atoms in total. The summed E-state index contributed by atoms with van der Waals surface area (Å²) >= 11 is 0. The second-order valence-electron chi connectivity index (χ2n) is 6.50. The molecular weight excluding hydrogens is 250 g/mol. The predicted molar refractivity (Wildman–Crippen MR) is 82.2 cm³/mol. The topological polar surface area (TPSA) is 29.5 Å². The fourth-order valence-corrected chi connectivity index (χ4v) is 3.66. The average molecular weight is 275 g/mol. The molecule has 0 aromatic heterocycles. The summed E-state index contributed by atoms with van der Waals surface area (Å²) in [5, 5.41) is 0. The van der Waals surface area contributed by atoms with E-state index in [0.29, 0.717) is 5.92 Å². The van der Waals surface area contributed by atoms with E-state index in [1.54, 1.807) is 0 Å². The summed E-state index contributed by atoms with van der Waals surface area (Å²) in [6.45, 7) is 10.7. The molecule has 1 aromatic rings. The zero-order valence-corrected chi connectivity index (χ0v) is 13.4. The molecule has 1 heterocycles. The van der Waals surface area contributed by atoms with Crippen LogP contribution in [0.3, 0.4) is 0 Å². The molecule has 0 fully saturated rings. The number of hydrogen-bond acceptors (Lipinski definition) is 3. The number of fused-ring (bicyclic) bond motifs is 1. The van der Waals surface area contributed by atoms with Gasteiger partial charge in [0.15, 0.2) is 0 Å². The van der Waals surface area contributed by atoms with Crippen LogP contribution >= 0.6 is 0 Å². The highest BCUT2D eigenvalue weighted by molar-refractivity contribution is 5.82. The molecule has 20 heavy (non-hydrogen) atoms. The quantitative estimate of drug-likeness (QED) is 0.772. The lowest BCUT2D eigenvalue weighted by Gasteiger charge is -2.50. The van der Waals surface area contributed by atoms with Crippen molar-refractivity contribution < 1.29 is 9.53 Å². The van der Waals surface area contributed by atoms with Crippen LogP contribution in [0.25, 0.3) is 0 Å². The minimum atomic E-state index is -0.276. The third kappa shape index (κ3) is 2.30. The Morgan fingerprint density at radius 2 is 2.10 bits per heavy atom. The minimum absolute atomic E-state index is 0.0634. The highest BCUT2D eigenvalue weighted by atomic mass is 16.5. The molecule has 110 valence electrons. The van der Waals surface area contributed by atoms with Crippen LogP contribution < -0.4 is 4.90 Å². The predicted octanol–water partition coefficient (Wildman–Crippen LogP) is 3.65. The van der Waals surface area contributed by atoms with Crippen LogP contribution in [0, 0.1) is 6.92 Å². The molecular formula is C17H25NO2. The molecule has 2 unspecified atom stereocenters. The molecule has 0 spiro atoms. The largest absolute Gasteiger partial charge is 0.467 e. The number of carbonyl (C=O) groups is 1. The van der Waals surface area contributed by atoms with E-state index in [1.165, 1.54) is 23.9 Å². The third-order valence-corrected chi connectivity index (χ3v) is 4.43. The van der Waals surface area contributed by atoms with Crippen molar-refractivity contribution in [2.45, 2.75) is 58.5 Å². The van der Waals surface area contributed by atoms with Gasteiger partial charge < -0.3 is 9.64 Å². The number of hydrogen-bond donors (Lipinski definition) is 0. The van der Waals surface area contributed by atoms with Crippen molar-refractivity contribution in [1.82, 2.24) is 0 Å². The van der Waals surface area contributed by atoms with E-state index < -0.39 is 0 Å². The van der Waals surface area contributed by atoms with Crippen LogP contribution in [0.2, 0.25) is 0 Å². The van der Waals surface area contributed by atoms with E-state index in [2.05, 4.69) is 50.8 Å². The van der Waals surface area contributed by atoms with Gasteiger partial charge in [0.2, 0.25) is 0 Å². The molecule has 1 aliphatic heterocycles. The lowest BCUT2D eigenvalue weighted by Crippen LogP contribution is -2.55. The number of ether oxygens (including phenoxy) is 1. The SMILES string of the molecule is COC(=O)C(C)N1c2c(C)cccc2C(C)CC1(C)C. The molecule has 0 amide bonds. The average Bonchev–Trinajstić information content (AvgIpc) is 2.37. The fourth-order valence-electron chi connectivity index (χ4n) is 3.66. The first-order valence-electron chi connectivity index (χ1n) is 7.26. The summed E-state index contributed by atoms with van der Waals surface area (Å²) in [6.07, 6.45) is 1.03. The molecule has 3 heteroatoms. The highest BCUT2D eigenvalue weighted by Crippen LogP contribution is 2.45. The summed E-state index contributed by atoms with van der Waals surface area (Å²) in [6, 6.07) is 6.12. The van der Waals surface area contributed by atoms with Gasteiger partial charge in [0.1, 0.15) is 6.04 Å². The smallest absolute Gasteiger partial charge is 0.328 e. The first-order valence-corrected chi connectivity index (χ1v) is 7.26. The molecule has 2 atom stereocenters. The van der Waals surface area contributed by atoms with Gasteiger partial charge in [-0.1, -0.05) is 25.1 Å². The standard InChI is InChI=1S/C17H25NO2/c1-11-8-7-9-14-12(2)10-17(4,5)18(15(11)14)13(3)16(19)20-6/h7-9,12-13H,10H2,1-6H3. The Morgan fingerprint density at radius 1 is 1.45 bits per heavy atom. The van der Waals surface area contributed by atoms with E-state index in [1.807, 2.05) is 6.92 Å². The van der Waals surface area contributed by atoms with Crippen molar-refractivity contribution in [1.29, 1.82) is 0 Å². The number of para-hydroxylation sites is 1. The van der Waals surface area contributed by atoms with E-state index in [0.717, 1.165) is 6.42 Å². The van der Waals surface area contributed by atoms with Crippen molar-refractivity contribution >= 4 is 11.7 Å². The van der Waals surface area contributed by atoms with Gasteiger partial charge in [-0.2, -0.15) is 0 Å². The van der Waals surface area contributed by atoms with E-state index >= 15 is 0 Å². The lowest BCUT2D eigenvalue weighted by atomic mass is 9.78. The summed E-state index contributed by atoms with van der Waals surface area (Å²) in [5.74, 6) is 0.322. The molecule has 0 saturated heterocycles. The van der Waals surface area contributed by atoms with Gasteiger partial charge in [0, 0.05) is 11.2 Å². The van der Waals surface area contributed by atoms with Gasteiger partial charge in [0.25, 0.3) is 0 Å². The number of rotatable bonds is 2. The Morgan fingerprint density at radius 3 is 2.70 bits per heavy atom. The Kier molecular flexibility index (Phi) is 3.81. The van der Waals surface area contributed by atoms with Gasteiger partial charge in [-0.15, -0.1) is 0 Å². The van der Waals surface area contributed by atoms with E-state index in [-0.39, 0.29) is 17.6 Å². The van der Waals surface area contributed by atoms with Crippen LogP contribution in [0.1, 0.15) is 51.2 Å². The van der Waals surface area contributed by atoms with Gasteiger partial charge in [-0.3, -0.25) is 0 Å². The summed E-state index contributed by atoms with van der Waals surface area (Å²) in [5.41, 5.74) is 3.69. The lowest BCUT2D eigenvalue weighted by molar-refractivity contribution is -0.142. The minimum Gasteiger partial charge on any atom is -0.467 e. The molecule has 0 bridgehead atoms. The van der Waals surface area contributed by atoms with E-state index in [9.17, 15) is 4.79 Å². The van der Waals surface area contributed by atoms with Gasteiger partial charge in [-0.25, -0.2) is 4.79 Å². The van der Waals surface area contributed by atoms with Crippen molar-refractivity contribution in [3.8, 4) is 0 Å². The maximum absolute atomic E-state index is 12.0. The second kappa shape index (κ2) is 5.12. The first kappa shape index (κ1) is 14.9. The van der Waals surface area contributed by atoms with Gasteiger partial charge in [0.05, 0.1) is 7.11 Å². The molecule has 1 aromatic carbocycles. The summed E-state index contributed by atoms with van der Waals surface area (Å²) < 4.78 is 4.96. The van der Waals surface area contributed by atoms with Crippen LogP contribution in [0.4, 0.5) is 5.69 Å². The Bertz CT molecular complexity index is 522. The number of benzene rings is 1. The van der Waals surface area contributed by atoms with Crippen molar-refractivity contribution in [2.75, 3.05) is 12.0 Å². The van der Waals surface area contributed by atoms with Crippen LogP contribution in [-0.4, -0.2) is 24.7 Å². The van der Waals surface area contributed by atoms with Crippen LogP contribution in [0.15, 0.2) is 18.2 Å². The summed E-state index contributed by atoms with van der Waals surface area (Å²) in [7, 11) is 1.46. The van der Waals surface area contributed by atoms with Crippen LogP contribution in [-0.2, 0) is 9.53 Å². The molecule has 0 aliphatic carbocycles. The summed E-state index contributed by atoms with van der Waals surface area (Å²) in [4.78, 5) is 14.3. The zero-order valence-electron chi connectivity index (χ0n) is 13.4. The molecule has 1 aliphatic rings. The van der Waals surface area contributed by atoms with E-state index in [4.69, 9.17) is 4.74 Å². The Hall–Kier alpha value is -1.51. The van der Waals surface area contributed by atoms with Gasteiger partial charge >= 0.3 is 5.97 Å². The normalized spacial score (nSPS) is 22.1. The van der Waals surface area contributed by atoms with Crippen molar-refractivity contribution in [3.63, 3.8) is 0 Å².